The van der Waals surface area contributed by atoms with E-state index in [-0.39, 0.29) is 35.9 Å². The zero-order chi connectivity index (χ0) is 33.3. The van der Waals surface area contributed by atoms with Gasteiger partial charge in [-0.2, -0.15) is 5.06 Å². The standard InChI is InChI=1S/C29H28N2O5/c1-4-34-27(33)18-22-10-12-24(13-11-22)25-14-16-26(17-15-25)29-28(20(2)30-35-29)31(19-32)36-21(3)23-8-6-5-7-9-23/h5-17,19,21H,4,18H2,1-3H3/i3D3,5D,6D,7D,8D,9D,21D. The first kappa shape index (κ1) is 15.7. The summed E-state index contributed by atoms with van der Waals surface area (Å²) in [5, 5.41) is 4.27. The van der Waals surface area contributed by atoms with E-state index in [0.29, 0.717) is 17.2 Å². The zero-order valence-corrected chi connectivity index (χ0v) is 19.5. The van der Waals surface area contributed by atoms with Crippen LogP contribution in [0.1, 0.15) is 49.0 Å². The Morgan fingerprint density at radius 3 is 2.36 bits per heavy atom. The summed E-state index contributed by atoms with van der Waals surface area (Å²) in [7, 11) is 0. The number of aryl methyl sites for hydroxylation is 1. The number of carbonyl (C=O) groups excluding carboxylic acids is 2. The molecule has 0 bridgehead atoms. The minimum absolute atomic E-state index is 0.0233. The van der Waals surface area contributed by atoms with Gasteiger partial charge in [0.05, 0.1) is 21.3 Å². The smallest absolute Gasteiger partial charge is 0.310 e. The van der Waals surface area contributed by atoms with E-state index in [4.69, 9.17) is 26.4 Å². The maximum absolute atomic E-state index is 12.3. The highest BCUT2D eigenvalue weighted by Crippen LogP contribution is 2.36. The van der Waals surface area contributed by atoms with Gasteiger partial charge in [0.2, 0.25) is 6.41 Å². The van der Waals surface area contributed by atoms with Gasteiger partial charge in [0.15, 0.2) is 5.76 Å². The van der Waals surface area contributed by atoms with Gasteiger partial charge in [0.1, 0.15) is 17.5 Å². The first-order valence-electron chi connectivity index (χ1n) is 15.5. The Hall–Kier alpha value is -4.23. The predicted octanol–water partition coefficient (Wildman–Crippen LogP) is 6.08. The van der Waals surface area contributed by atoms with Crippen LogP contribution in [-0.4, -0.2) is 24.1 Å². The Labute approximate surface area is 222 Å². The van der Waals surface area contributed by atoms with Gasteiger partial charge in [-0.25, -0.2) is 0 Å². The summed E-state index contributed by atoms with van der Waals surface area (Å²) < 4.78 is 83.5. The molecule has 0 fully saturated rings. The van der Waals surface area contributed by atoms with Crippen molar-refractivity contribution in [2.24, 2.45) is 0 Å². The monoisotopic (exact) mass is 493 g/mol. The van der Waals surface area contributed by atoms with E-state index in [1.807, 2.05) is 24.3 Å². The number of hydroxylamine groups is 1. The highest BCUT2D eigenvalue weighted by Gasteiger charge is 2.24. The van der Waals surface area contributed by atoms with E-state index in [1.54, 1.807) is 31.2 Å². The summed E-state index contributed by atoms with van der Waals surface area (Å²) in [5.74, 6) is -0.346. The lowest BCUT2D eigenvalue weighted by Gasteiger charge is -2.22. The largest absolute Gasteiger partial charge is 0.466 e. The van der Waals surface area contributed by atoms with Gasteiger partial charge in [0, 0.05) is 9.68 Å². The van der Waals surface area contributed by atoms with Crippen molar-refractivity contribution in [1.82, 2.24) is 5.16 Å². The number of hydrogen-bond donors (Lipinski definition) is 0. The van der Waals surface area contributed by atoms with Crippen LogP contribution in [0.4, 0.5) is 5.69 Å². The molecule has 1 heterocycles. The van der Waals surface area contributed by atoms with Crippen LogP contribution >= 0.6 is 0 Å². The minimum atomic E-state index is -3.44. The van der Waals surface area contributed by atoms with Crippen LogP contribution in [0.5, 0.6) is 0 Å². The lowest BCUT2D eigenvalue weighted by atomic mass is 10.0. The quantitative estimate of drug-likeness (QED) is 0.151. The van der Waals surface area contributed by atoms with Crippen LogP contribution in [0, 0.1) is 6.92 Å². The van der Waals surface area contributed by atoms with Gasteiger partial charge in [-0.3, -0.25) is 14.4 Å². The second kappa shape index (κ2) is 11.5. The van der Waals surface area contributed by atoms with Crippen LogP contribution in [0.3, 0.4) is 0 Å². The molecule has 1 aromatic heterocycles. The predicted molar refractivity (Wildman–Crippen MR) is 137 cm³/mol. The molecule has 4 rings (SSSR count). The summed E-state index contributed by atoms with van der Waals surface area (Å²) in [6.45, 7) is 0.0386. The molecule has 0 spiro atoms. The molecule has 184 valence electrons. The third-order valence-electron chi connectivity index (χ3n) is 5.15. The Morgan fingerprint density at radius 1 is 1.11 bits per heavy atom. The van der Waals surface area contributed by atoms with Gasteiger partial charge in [0.25, 0.3) is 0 Å². The molecule has 1 amide bonds. The molecule has 0 saturated carbocycles. The fourth-order valence-corrected chi connectivity index (χ4v) is 3.45. The van der Waals surface area contributed by atoms with E-state index in [2.05, 4.69) is 5.16 Å². The van der Waals surface area contributed by atoms with E-state index < -0.39 is 48.7 Å². The number of rotatable bonds is 10. The number of benzene rings is 3. The summed E-state index contributed by atoms with van der Waals surface area (Å²) in [5.41, 5.74) is 1.77. The molecule has 1 atom stereocenters. The molecule has 36 heavy (non-hydrogen) atoms. The number of hydrogen-bond acceptors (Lipinski definition) is 6. The van der Waals surface area contributed by atoms with Crippen molar-refractivity contribution >= 4 is 18.1 Å². The van der Waals surface area contributed by atoms with Crippen LogP contribution in [0.2, 0.25) is 0 Å². The average molecular weight is 494 g/mol. The highest BCUT2D eigenvalue weighted by atomic mass is 16.7. The van der Waals surface area contributed by atoms with E-state index in [1.165, 1.54) is 6.92 Å². The molecule has 7 nitrogen and oxygen atoms in total. The van der Waals surface area contributed by atoms with Gasteiger partial charge >= 0.3 is 5.97 Å². The summed E-state index contributed by atoms with van der Waals surface area (Å²) in [6, 6.07) is 9.66. The molecule has 0 aliphatic carbocycles. The second-order valence-electron chi connectivity index (χ2n) is 7.55. The van der Waals surface area contributed by atoms with Gasteiger partial charge in [-0.1, -0.05) is 83.9 Å². The van der Waals surface area contributed by atoms with Crippen LogP contribution < -0.4 is 5.06 Å². The lowest BCUT2D eigenvalue weighted by Crippen LogP contribution is -2.24. The van der Waals surface area contributed by atoms with E-state index >= 15 is 0 Å². The molecule has 0 saturated heterocycles. The molecule has 0 N–H and O–H groups in total. The first-order chi connectivity index (χ1) is 21.1. The molecule has 0 aliphatic rings. The molecule has 4 aromatic rings. The number of ether oxygens (including phenoxy) is 1. The average Bonchev–Trinajstić information content (AvgIpc) is 3.39. The minimum Gasteiger partial charge on any atom is -0.466 e. The summed E-state index contributed by atoms with van der Waals surface area (Å²) in [4.78, 5) is 29.6. The molecular formula is C29H28N2O5. The van der Waals surface area contributed by atoms with Crippen molar-refractivity contribution in [3.63, 3.8) is 0 Å². The van der Waals surface area contributed by atoms with Crippen molar-refractivity contribution in [3.8, 4) is 22.5 Å². The van der Waals surface area contributed by atoms with Crippen molar-refractivity contribution in [2.45, 2.75) is 33.2 Å². The fourth-order valence-electron chi connectivity index (χ4n) is 3.45. The Bertz CT molecular complexity index is 1700. The molecule has 3 aromatic carbocycles. The third kappa shape index (κ3) is 5.70. The summed E-state index contributed by atoms with van der Waals surface area (Å²) in [6.07, 6.45) is -3.11. The van der Waals surface area contributed by atoms with Crippen LogP contribution in [0.15, 0.2) is 83.3 Å². The van der Waals surface area contributed by atoms with E-state index in [9.17, 15) is 9.59 Å². The van der Waals surface area contributed by atoms with Crippen molar-refractivity contribution < 1.29 is 36.0 Å². The Morgan fingerprint density at radius 2 is 1.75 bits per heavy atom. The summed E-state index contributed by atoms with van der Waals surface area (Å²) >= 11 is 0. The topological polar surface area (TPSA) is 81.9 Å². The lowest BCUT2D eigenvalue weighted by molar-refractivity contribution is -0.142. The second-order valence-corrected chi connectivity index (χ2v) is 7.55. The molecule has 0 aliphatic heterocycles. The third-order valence-corrected chi connectivity index (χ3v) is 5.15. The number of anilines is 1. The molecule has 7 heteroatoms. The maximum atomic E-state index is 12.3. The Balaban J connectivity index is 1.70. The van der Waals surface area contributed by atoms with Crippen LogP contribution in [0.25, 0.3) is 22.5 Å². The molecule has 0 radical (unpaired) electrons. The highest BCUT2D eigenvalue weighted by molar-refractivity contribution is 5.84. The van der Waals surface area contributed by atoms with Gasteiger partial charge < -0.3 is 9.26 Å². The molecule has 1 unspecified atom stereocenters. The SMILES string of the molecule is [2H]c1c([2H])c([2H])c(C([2H])(ON(C=O)c2c(C)noc2-c2ccc(-c3ccc(CC(=O)OCC)cc3)cc2)C([2H])([2H])[2H])c([2H])c1[2H]. The van der Waals surface area contributed by atoms with Gasteiger partial charge in [-0.15, -0.1) is 0 Å². The molecular weight excluding hydrogens is 456 g/mol. The Kier molecular flexibility index (Phi) is 5.00. The maximum Gasteiger partial charge on any atom is 0.310 e. The number of nitrogens with zero attached hydrogens (tertiary/aromatic N) is 2. The zero-order valence-electron chi connectivity index (χ0n) is 28.5. The van der Waals surface area contributed by atoms with E-state index in [0.717, 1.165) is 16.7 Å². The number of esters is 1. The fraction of sp³-hybridized carbons (Fsp3) is 0.207. The van der Waals surface area contributed by atoms with Crippen LogP contribution in [-0.2, 0) is 25.6 Å². The number of aromatic nitrogens is 1. The van der Waals surface area contributed by atoms with Crippen molar-refractivity contribution in [1.29, 1.82) is 0 Å². The number of amides is 1. The van der Waals surface area contributed by atoms with Crippen molar-refractivity contribution in [3.05, 3.63) is 95.6 Å². The van der Waals surface area contributed by atoms with Gasteiger partial charge in [-0.05, 0) is 43.0 Å². The first-order valence-corrected chi connectivity index (χ1v) is 11.0. The number of carbonyl (C=O) groups is 2. The normalized spacial score (nSPS) is 16.4. The van der Waals surface area contributed by atoms with Crippen molar-refractivity contribution in [2.75, 3.05) is 11.7 Å².